The second-order valence-corrected chi connectivity index (χ2v) is 4.32. The van der Waals surface area contributed by atoms with Crippen LogP contribution in [0.5, 0.6) is 0 Å². The van der Waals surface area contributed by atoms with Crippen molar-refractivity contribution >= 4 is 0 Å². The molecular weight excluding hydrogens is 160 g/mol. The van der Waals surface area contributed by atoms with Crippen LogP contribution in [-0.2, 0) is 0 Å². The number of hydrogen-bond acceptors (Lipinski definition) is 2. The number of nitrogens with two attached hydrogens (primary N) is 1. The van der Waals surface area contributed by atoms with E-state index in [9.17, 15) is 0 Å². The minimum atomic E-state index is 0.691. The van der Waals surface area contributed by atoms with Crippen LogP contribution in [0.3, 0.4) is 0 Å². The second kappa shape index (κ2) is 7.34. The smallest absolute Gasteiger partial charge is 0.0108 e. The quantitative estimate of drug-likeness (QED) is 0.659. The first-order valence-corrected chi connectivity index (χ1v) is 5.55. The highest BCUT2D eigenvalue weighted by Crippen LogP contribution is 2.08. The fourth-order valence-electron chi connectivity index (χ4n) is 1.73. The van der Waals surface area contributed by atoms with Crippen molar-refractivity contribution in [3.63, 3.8) is 0 Å². The maximum atomic E-state index is 5.60. The van der Waals surface area contributed by atoms with Gasteiger partial charge in [0.15, 0.2) is 0 Å². The molecule has 2 N–H and O–H groups in total. The molecule has 2 nitrogen and oxygen atoms in total. The highest BCUT2D eigenvalue weighted by Gasteiger charge is 2.12. The lowest BCUT2D eigenvalue weighted by molar-refractivity contribution is 0.182. The minimum Gasteiger partial charge on any atom is -0.329 e. The third-order valence-electron chi connectivity index (χ3n) is 2.35. The van der Waals surface area contributed by atoms with Gasteiger partial charge in [0.05, 0.1) is 0 Å². The predicted octanol–water partition coefficient (Wildman–Crippen LogP) is 2.09. The summed E-state index contributed by atoms with van der Waals surface area (Å²) < 4.78 is 0. The van der Waals surface area contributed by atoms with Gasteiger partial charge in [-0.2, -0.15) is 0 Å². The fraction of sp³-hybridized carbons (Fsp3) is 1.00. The van der Waals surface area contributed by atoms with Crippen LogP contribution in [0.4, 0.5) is 0 Å². The van der Waals surface area contributed by atoms with Gasteiger partial charge in [-0.25, -0.2) is 0 Å². The molecule has 2 heteroatoms. The maximum Gasteiger partial charge on any atom is 0.0108 e. The molecule has 0 aliphatic carbocycles. The van der Waals surface area contributed by atoms with Crippen LogP contribution in [0.15, 0.2) is 0 Å². The van der Waals surface area contributed by atoms with Gasteiger partial charge >= 0.3 is 0 Å². The summed E-state index contributed by atoms with van der Waals surface area (Å²) in [6.45, 7) is 12.1. The molecule has 0 rings (SSSR count). The standard InChI is InChI=1S/C11H26N2/c1-5-6-11(4)13(8-7-12)9-10(2)3/h10-11H,5-9,12H2,1-4H3. The monoisotopic (exact) mass is 186 g/mol. The van der Waals surface area contributed by atoms with E-state index in [1.807, 2.05) is 0 Å². The average molecular weight is 186 g/mol. The second-order valence-electron chi connectivity index (χ2n) is 4.32. The summed E-state index contributed by atoms with van der Waals surface area (Å²) in [5, 5.41) is 0. The highest BCUT2D eigenvalue weighted by atomic mass is 15.2. The van der Waals surface area contributed by atoms with E-state index in [0.29, 0.717) is 6.04 Å². The van der Waals surface area contributed by atoms with Crippen LogP contribution in [0.2, 0.25) is 0 Å². The van der Waals surface area contributed by atoms with Gasteiger partial charge in [0.2, 0.25) is 0 Å². The van der Waals surface area contributed by atoms with Crippen LogP contribution in [-0.4, -0.2) is 30.6 Å². The summed E-state index contributed by atoms with van der Waals surface area (Å²) in [5.74, 6) is 0.742. The molecule has 0 fully saturated rings. The summed E-state index contributed by atoms with van der Waals surface area (Å²) in [6, 6.07) is 0.691. The van der Waals surface area contributed by atoms with Crippen molar-refractivity contribution in [2.24, 2.45) is 11.7 Å². The summed E-state index contributed by atoms with van der Waals surface area (Å²) in [4.78, 5) is 2.51. The lowest BCUT2D eigenvalue weighted by atomic mass is 10.1. The van der Waals surface area contributed by atoms with Crippen molar-refractivity contribution in [3.8, 4) is 0 Å². The lowest BCUT2D eigenvalue weighted by Gasteiger charge is -2.30. The lowest BCUT2D eigenvalue weighted by Crippen LogP contribution is -2.39. The maximum absolute atomic E-state index is 5.60. The van der Waals surface area contributed by atoms with Crippen molar-refractivity contribution in [2.75, 3.05) is 19.6 Å². The number of hydrogen-bond donors (Lipinski definition) is 1. The van der Waals surface area contributed by atoms with Gasteiger partial charge in [-0.05, 0) is 19.3 Å². The van der Waals surface area contributed by atoms with Crippen molar-refractivity contribution in [3.05, 3.63) is 0 Å². The van der Waals surface area contributed by atoms with E-state index in [1.165, 1.54) is 19.4 Å². The van der Waals surface area contributed by atoms with E-state index in [4.69, 9.17) is 5.73 Å². The molecule has 0 aromatic heterocycles. The third-order valence-corrected chi connectivity index (χ3v) is 2.35. The van der Waals surface area contributed by atoms with Gasteiger partial charge < -0.3 is 5.73 Å². The summed E-state index contributed by atoms with van der Waals surface area (Å²) in [7, 11) is 0. The van der Waals surface area contributed by atoms with Crippen molar-refractivity contribution in [1.29, 1.82) is 0 Å². The summed E-state index contributed by atoms with van der Waals surface area (Å²) in [5.41, 5.74) is 5.60. The highest BCUT2D eigenvalue weighted by molar-refractivity contribution is 4.68. The average Bonchev–Trinajstić information content (AvgIpc) is 2.03. The molecule has 13 heavy (non-hydrogen) atoms. The molecular formula is C11H26N2. The Hall–Kier alpha value is -0.0800. The van der Waals surface area contributed by atoms with Crippen molar-refractivity contribution < 1.29 is 0 Å². The molecule has 0 radical (unpaired) electrons. The van der Waals surface area contributed by atoms with Crippen LogP contribution in [0, 0.1) is 5.92 Å². The molecule has 0 heterocycles. The molecule has 1 atom stereocenters. The van der Waals surface area contributed by atoms with E-state index >= 15 is 0 Å². The largest absolute Gasteiger partial charge is 0.329 e. The van der Waals surface area contributed by atoms with Crippen LogP contribution in [0.1, 0.15) is 40.5 Å². The molecule has 1 unspecified atom stereocenters. The Labute approximate surface area is 83.5 Å². The fourth-order valence-corrected chi connectivity index (χ4v) is 1.73. The van der Waals surface area contributed by atoms with E-state index in [0.717, 1.165) is 19.0 Å². The molecule has 0 amide bonds. The number of rotatable bonds is 7. The predicted molar refractivity (Wildman–Crippen MR) is 59.8 cm³/mol. The Morgan fingerprint density at radius 3 is 2.23 bits per heavy atom. The Morgan fingerprint density at radius 1 is 1.23 bits per heavy atom. The Balaban J connectivity index is 3.90. The zero-order valence-electron chi connectivity index (χ0n) is 9.71. The van der Waals surface area contributed by atoms with E-state index in [1.54, 1.807) is 0 Å². The summed E-state index contributed by atoms with van der Waals surface area (Å²) in [6.07, 6.45) is 2.55. The Morgan fingerprint density at radius 2 is 1.85 bits per heavy atom. The Bertz CT molecular complexity index is 113. The normalized spacial score (nSPS) is 14.1. The van der Waals surface area contributed by atoms with E-state index < -0.39 is 0 Å². The first-order chi connectivity index (χ1) is 6.11. The Kier molecular flexibility index (Phi) is 7.29. The first-order valence-electron chi connectivity index (χ1n) is 5.55. The molecule has 0 aromatic rings. The number of nitrogens with zero attached hydrogens (tertiary/aromatic N) is 1. The molecule has 80 valence electrons. The van der Waals surface area contributed by atoms with Gasteiger partial charge in [-0.3, -0.25) is 4.90 Å². The van der Waals surface area contributed by atoms with Gasteiger partial charge in [-0.1, -0.05) is 27.2 Å². The van der Waals surface area contributed by atoms with Gasteiger partial charge in [0.25, 0.3) is 0 Å². The molecule has 0 saturated carbocycles. The molecule has 0 bridgehead atoms. The van der Waals surface area contributed by atoms with Crippen LogP contribution in [0.25, 0.3) is 0 Å². The van der Waals surface area contributed by atoms with Gasteiger partial charge in [-0.15, -0.1) is 0 Å². The SMILES string of the molecule is CCCC(C)N(CCN)CC(C)C. The molecule has 0 aliphatic rings. The zero-order valence-corrected chi connectivity index (χ0v) is 9.71. The first kappa shape index (κ1) is 12.9. The van der Waals surface area contributed by atoms with Crippen LogP contribution >= 0.6 is 0 Å². The minimum absolute atomic E-state index is 0.691. The van der Waals surface area contributed by atoms with Gasteiger partial charge in [0.1, 0.15) is 0 Å². The molecule has 0 aromatic carbocycles. The van der Waals surface area contributed by atoms with E-state index in [-0.39, 0.29) is 0 Å². The third kappa shape index (κ3) is 6.05. The van der Waals surface area contributed by atoms with E-state index in [2.05, 4.69) is 32.6 Å². The zero-order chi connectivity index (χ0) is 10.3. The van der Waals surface area contributed by atoms with Gasteiger partial charge in [0, 0.05) is 25.7 Å². The van der Waals surface area contributed by atoms with Crippen molar-refractivity contribution in [2.45, 2.75) is 46.6 Å². The molecule has 0 aliphatic heterocycles. The van der Waals surface area contributed by atoms with Crippen LogP contribution < -0.4 is 5.73 Å². The summed E-state index contributed by atoms with van der Waals surface area (Å²) >= 11 is 0. The van der Waals surface area contributed by atoms with Crippen molar-refractivity contribution in [1.82, 2.24) is 4.90 Å². The molecule has 0 saturated heterocycles. The topological polar surface area (TPSA) is 29.3 Å². The molecule has 0 spiro atoms.